The number of piperidine rings is 1. The predicted molar refractivity (Wildman–Crippen MR) is 91.1 cm³/mol. The Morgan fingerprint density at radius 3 is 2.38 bits per heavy atom. The van der Waals surface area contributed by atoms with E-state index in [9.17, 15) is 4.39 Å². The van der Waals surface area contributed by atoms with Gasteiger partial charge in [-0.3, -0.25) is 4.98 Å². The second-order valence-corrected chi connectivity index (χ2v) is 6.22. The van der Waals surface area contributed by atoms with E-state index in [0.717, 1.165) is 48.6 Å². The number of hydrogen-bond donors (Lipinski definition) is 2. The van der Waals surface area contributed by atoms with Gasteiger partial charge in [0.15, 0.2) is 0 Å². The van der Waals surface area contributed by atoms with Gasteiger partial charge in [-0.1, -0.05) is 12.1 Å². The van der Waals surface area contributed by atoms with Crippen molar-refractivity contribution in [3.63, 3.8) is 0 Å². The van der Waals surface area contributed by atoms with Gasteiger partial charge in [-0.25, -0.2) is 9.37 Å². The number of pyridine rings is 1. The van der Waals surface area contributed by atoms with Crippen LogP contribution in [0.5, 0.6) is 0 Å². The highest BCUT2D eigenvalue weighted by Crippen LogP contribution is 2.39. The second-order valence-electron chi connectivity index (χ2n) is 6.22. The summed E-state index contributed by atoms with van der Waals surface area (Å²) in [4.78, 5) is 12.2. The minimum atomic E-state index is -0.209. The smallest absolute Gasteiger partial charge is 0.123 e. The van der Waals surface area contributed by atoms with Crippen LogP contribution in [0.2, 0.25) is 0 Å². The lowest BCUT2D eigenvalue weighted by Gasteiger charge is -2.36. The highest BCUT2D eigenvalue weighted by molar-refractivity contribution is 5.58. The molecule has 0 amide bonds. The molecule has 3 aromatic rings. The molecule has 0 saturated carbocycles. The van der Waals surface area contributed by atoms with Crippen LogP contribution >= 0.6 is 0 Å². The summed E-state index contributed by atoms with van der Waals surface area (Å²) < 4.78 is 13.4. The van der Waals surface area contributed by atoms with Gasteiger partial charge in [0.2, 0.25) is 0 Å². The van der Waals surface area contributed by atoms with E-state index in [1.807, 2.05) is 30.5 Å². The first-order chi connectivity index (χ1) is 11.8. The molecule has 0 spiro atoms. The first kappa shape index (κ1) is 15.0. The summed E-state index contributed by atoms with van der Waals surface area (Å²) in [6.07, 6.45) is 7.29. The molecule has 1 aromatic carbocycles. The maximum Gasteiger partial charge on any atom is 0.123 e. The monoisotopic (exact) mass is 322 g/mol. The fourth-order valence-electron chi connectivity index (χ4n) is 3.53. The zero-order valence-electron chi connectivity index (χ0n) is 13.3. The van der Waals surface area contributed by atoms with Crippen LogP contribution in [0.4, 0.5) is 4.39 Å². The van der Waals surface area contributed by atoms with E-state index < -0.39 is 0 Å². The topological polar surface area (TPSA) is 53.6 Å². The van der Waals surface area contributed by atoms with Crippen molar-refractivity contribution in [2.45, 2.75) is 18.3 Å². The molecule has 24 heavy (non-hydrogen) atoms. The number of nitrogens with zero attached hydrogens (tertiary/aromatic N) is 2. The molecule has 0 unspecified atom stereocenters. The van der Waals surface area contributed by atoms with Gasteiger partial charge in [-0.15, -0.1) is 0 Å². The lowest BCUT2D eigenvalue weighted by molar-refractivity contribution is 0.347. The van der Waals surface area contributed by atoms with E-state index in [-0.39, 0.29) is 11.2 Å². The molecule has 0 radical (unpaired) electrons. The summed E-state index contributed by atoms with van der Waals surface area (Å²) in [6, 6.07) is 10.8. The molecule has 2 N–H and O–H groups in total. The molecule has 1 fully saturated rings. The van der Waals surface area contributed by atoms with Crippen LogP contribution in [0.3, 0.4) is 0 Å². The van der Waals surface area contributed by atoms with Crippen LogP contribution < -0.4 is 5.32 Å². The van der Waals surface area contributed by atoms with E-state index in [2.05, 4.69) is 20.3 Å². The quantitative estimate of drug-likeness (QED) is 0.778. The molecule has 4 nitrogen and oxygen atoms in total. The highest BCUT2D eigenvalue weighted by Gasteiger charge is 2.38. The molecular weight excluding hydrogens is 303 g/mol. The molecule has 0 bridgehead atoms. The molecular formula is C19H19FN4. The van der Waals surface area contributed by atoms with Gasteiger partial charge >= 0.3 is 0 Å². The number of imidazole rings is 1. The first-order valence-corrected chi connectivity index (χ1v) is 8.21. The molecule has 0 atom stereocenters. The maximum absolute atomic E-state index is 13.4. The summed E-state index contributed by atoms with van der Waals surface area (Å²) in [5.41, 5.74) is 2.95. The third-order valence-corrected chi connectivity index (χ3v) is 4.87. The molecule has 1 saturated heterocycles. The summed E-state index contributed by atoms with van der Waals surface area (Å²) in [5.74, 6) is 0.738. The van der Waals surface area contributed by atoms with Crippen molar-refractivity contribution in [1.82, 2.24) is 20.3 Å². The molecule has 3 heterocycles. The Balaban J connectivity index is 1.77. The molecule has 2 aromatic heterocycles. The normalized spacial score (nSPS) is 16.9. The zero-order valence-corrected chi connectivity index (χ0v) is 13.3. The van der Waals surface area contributed by atoms with E-state index in [1.165, 1.54) is 12.1 Å². The van der Waals surface area contributed by atoms with Crippen LogP contribution in [-0.2, 0) is 5.41 Å². The molecule has 0 aliphatic carbocycles. The van der Waals surface area contributed by atoms with E-state index in [1.54, 1.807) is 12.4 Å². The van der Waals surface area contributed by atoms with Crippen LogP contribution in [0.1, 0.15) is 24.2 Å². The van der Waals surface area contributed by atoms with Crippen LogP contribution in [0.25, 0.3) is 11.3 Å². The molecule has 4 rings (SSSR count). The fraction of sp³-hybridized carbons (Fsp3) is 0.263. The van der Waals surface area contributed by atoms with Gasteiger partial charge in [-0.05, 0) is 55.8 Å². The largest absolute Gasteiger partial charge is 0.341 e. The first-order valence-electron chi connectivity index (χ1n) is 8.21. The number of H-pyrrole nitrogens is 1. The third-order valence-electron chi connectivity index (χ3n) is 4.87. The molecule has 5 heteroatoms. The Hall–Kier alpha value is -2.53. The number of halogens is 1. The maximum atomic E-state index is 13.4. The predicted octanol–water partition coefficient (Wildman–Crippen LogP) is 3.28. The fourth-order valence-corrected chi connectivity index (χ4v) is 3.53. The van der Waals surface area contributed by atoms with Gasteiger partial charge in [0.25, 0.3) is 0 Å². The van der Waals surface area contributed by atoms with Gasteiger partial charge in [0, 0.05) is 18.0 Å². The van der Waals surface area contributed by atoms with Gasteiger partial charge < -0.3 is 10.3 Å². The Labute approximate surface area is 140 Å². The van der Waals surface area contributed by atoms with E-state index >= 15 is 0 Å². The van der Waals surface area contributed by atoms with Crippen LogP contribution in [-0.4, -0.2) is 28.0 Å². The van der Waals surface area contributed by atoms with Crippen molar-refractivity contribution in [3.8, 4) is 11.3 Å². The number of hydrogen-bond acceptors (Lipinski definition) is 3. The molecule has 1 aliphatic heterocycles. The van der Waals surface area contributed by atoms with Crippen molar-refractivity contribution in [2.75, 3.05) is 13.1 Å². The van der Waals surface area contributed by atoms with Gasteiger partial charge in [-0.2, -0.15) is 0 Å². The molecule has 122 valence electrons. The highest BCUT2D eigenvalue weighted by atomic mass is 19.1. The number of benzene rings is 1. The minimum Gasteiger partial charge on any atom is -0.341 e. The Kier molecular flexibility index (Phi) is 3.86. The van der Waals surface area contributed by atoms with Crippen molar-refractivity contribution in [2.24, 2.45) is 0 Å². The van der Waals surface area contributed by atoms with Crippen molar-refractivity contribution in [1.29, 1.82) is 0 Å². The van der Waals surface area contributed by atoms with Gasteiger partial charge in [0.05, 0.1) is 17.3 Å². The Bertz CT molecular complexity index is 805. The Morgan fingerprint density at radius 1 is 0.958 bits per heavy atom. The lowest BCUT2D eigenvalue weighted by atomic mass is 9.72. The lowest BCUT2D eigenvalue weighted by Crippen LogP contribution is -2.41. The number of aromatic nitrogens is 3. The zero-order chi connectivity index (χ0) is 16.4. The average molecular weight is 322 g/mol. The standard InChI is InChI=1S/C19H19FN4/c20-16-3-1-15(2-4-16)19(7-11-22-12-8-19)18-23-13-17(24-18)14-5-9-21-10-6-14/h1-6,9-10,13,22H,7-8,11-12H2,(H,23,24). The van der Waals surface area contributed by atoms with E-state index in [0.29, 0.717) is 0 Å². The van der Waals surface area contributed by atoms with Crippen LogP contribution in [0.15, 0.2) is 55.0 Å². The van der Waals surface area contributed by atoms with Crippen molar-refractivity contribution in [3.05, 3.63) is 72.2 Å². The van der Waals surface area contributed by atoms with E-state index in [4.69, 9.17) is 0 Å². The summed E-state index contributed by atoms with van der Waals surface area (Å²) in [5, 5.41) is 3.40. The van der Waals surface area contributed by atoms with Gasteiger partial charge in [0.1, 0.15) is 11.6 Å². The SMILES string of the molecule is Fc1ccc(C2(c3ncc(-c4ccncc4)[nH]3)CCNCC2)cc1. The summed E-state index contributed by atoms with van der Waals surface area (Å²) >= 11 is 0. The summed E-state index contributed by atoms with van der Waals surface area (Å²) in [6.45, 7) is 1.84. The molecule has 1 aliphatic rings. The summed E-state index contributed by atoms with van der Waals surface area (Å²) in [7, 11) is 0. The number of rotatable bonds is 3. The van der Waals surface area contributed by atoms with Crippen molar-refractivity contribution < 1.29 is 4.39 Å². The minimum absolute atomic E-state index is 0.204. The Morgan fingerprint density at radius 2 is 1.67 bits per heavy atom. The van der Waals surface area contributed by atoms with Crippen LogP contribution in [0, 0.1) is 5.82 Å². The third kappa shape index (κ3) is 2.61. The number of nitrogens with one attached hydrogen (secondary N) is 2. The van der Waals surface area contributed by atoms with Crippen molar-refractivity contribution >= 4 is 0 Å². The number of aromatic amines is 1. The second kappa shape index (κ2) is 6.17. The average Bonchev–Trinajstić information content (AvgIpc) is 3.14.